The maximum Gasteiger partial charge on any atom is 0.221 e. The second-order valence-corrected chi connectivity index (χ2v) is 9.62. The number of unbranched alkanes of at least 4 members (excludes halogenated alkanes) is 6. The van der Waals surface area contributed by atoms with Crippen molar-refractivity contribution >= 4 is 5.91 Å². The van der Waals surface area contributed by atoms with Gasteiger partial charge in [-0.25, -0.2) is 0 Å². The van der Waals surface area contributed by atoms with E-state index < -0.39 is 0 Å². The Hall–Kier alpha value is -0.650. The summed E-state index contributed by atoms with van der Waals surface area (Å²) in [5.74, 6) is 0.235. The summed E-state index contributed by atoms with van der Waals surface area (Å²) < 4.78 is 0. The van der Waals surface area contributed by atoms with Crippen molar-refractivity contribution in [1.29, 1.82) is 0 Å². The lowest BCUT2D eigenvalue weighted by Crippen LogP contribution is -2.39. The highest BCUT2D eigenvalue weighted by atomic mass is 16.1. The zero-order valence-corrected chi connectivity index (χ0v) is 20.8. The molecular weight excluding hydrogens is 372 g/mol. The van der Waals surface area contributed by atoms with Crippen molar-refractivity contribution in [3.63, 3.8) is 0 Å². The number of nitrogens with one attached hydrogen (secondary N) is 1. The van der Waals surface area contributed by atoms with Crippen LogP contribution in [0.15, 0.2) is 0 Å². The van der Waals surface area contributed by atoms with Crippen molar-refractivity contribution in [3.8, 4) is 0 Å². The minimum absolute atomic E-state index is 0.235. The smallest absolute Gasteiger partial charge is 0.221 e. The van der Waals surface area contributed by atoms with Gasteiger partial charge in [0.2, 0.25) is 5.91 Å². The molecule has 1 unspecified atom stereocenters. The molecule has 1 aliphatic heterocycles. The Bertz CT molecular complexity index is 418. The van der Waals surface area contributed by atoms with E-state index in [4.69, 9.17) is 0 Å². The lowest BCUT2D eigenvalue weighted by atomic mass is 10.0. The van der Waals surface area contributed by atoms with Gasteiger partial charge in [-0.3, -0.25) is 4.79 Å². The fourth-order valence-corrected chi connectivity index (χ4v) is 4.44. The first-order chi connectivity index (χ1) is 14.5. The minimum atomic E-state index is 0.235. The molecule has 0 radical (unpaired) electrons. The van der Waals surface area contributed by atoms with Gasteiger partial charge in [0.05, 0.1) is 0 Å². The van der Waals surface area contributed by atoms with Gasteiger partial charge in [0, 0.05) is 19.0 Å². The van der Waals surface area contributed by atoms with E-state index in [1.54, 1.807) is 0 Å². The van der Waals surface area contributed by atoms with Crippen molar-refractivity contribution in [2.75, 3.05) is 60.4 Å². The average molecular weight is 425 g/mol. The lowest BCUT2D eigenvalue weighted by Gasteiger charge is -2.28. The molecule has 1 heterocycles. The van der Waals surface area contributed by atoms with Gasteiger partial charge < -0.3 is 20.0 Å². The second-order valence-electron chi connectivity index (χ2n) is 9.62. The summed E-state index contributed by atoms with van der Waals surface area (Å²) in [4.78, 5) is 19.9. The predicted octanol–water partition coefficient (Wildman–Crippen LogP) is 4.37. The number of carbonyl (C=O) groups is 1. The molecule has 1 atom stereocenters. The maximum absolute atomic E-state index is 12.6. The molecule has 5 heteroatoms. The molecule has 0 saturated carbocycles. The molecule has 1 amide bonds. The van der Waals surface area contributed by atoms with Crippen molar-refractivity contribution in [2.24, 2.45) is 0 Å². The van der Waals surface area contributed by atoms with Crippen LogP contribution in [0.5, 0.6) is 0 Å². The first-order valence-corrected chi connectivity index (χ1v) is 12.9. The van der Waals surface area contributed by atoms with E-state index in [2.05, 4.69) is 48.1 Å². The first kappa shape index (κ1) is 27.4. The highest BCUT2D eigenvalue weighted by Gasteiger charge is 2.18. The van der Waals surface area contributed by atoms with E-state index in [0.29, 0.717) is 12.5 Å². The summed E-state index contributed by atoms with van der Waals surface area (Å²) >= 11 is 0. The summed E-state index contributed by atoms with van der Waals surface area (Å²) in [6, 6.07) is 0.379. The topological polar surface area (TPSA) is 38.8 Å². The fraction of sp³-hybridized carbons (Fsp3) is 0.960. The van der Waals surface area contributed by atoms with Crippen molar-refractivity contribution in [2.45, 2.75) is 96.4 Å². The summed E-state index contributed by atoms with van der Waals surface area (Å²) in [5.41, 5.74) is 0. The Morgan fingerprint density at radius 1 is 0.767 bits per heavy atom. The summed E-state index contributed by atoms with van der Waals surface area (Å²) in [6.07, 6.45) is 15.9. The van der Waals surface area contributed by atoms with Gasteiger partial charge in [-0.05, 0) is 86.0 Å². The van der Waals surface area contributed by atoms with Crippen LogP contribution in [-0.4, -0.2) is 87.1 Å². The van der Waals surface area contributed by atoms with E-state index in [-0.39, 0.29) is 5.91 Å². The number of nitrogens with zero attached hydrogens (tertiary/aromatic N) is 3. The number of amides is 1. The minimum Gasteiger partial charge on any atom is -0.356 e. The SMILES string of the molecule is CCCCCCCCCC1CC(=O)NCCCN(C)CCCCN(C)CCCN1C. The lowest BCUT2D eigenvalue weighted by molar-refractivity contribution is -0.122. The predicted molar refractivity (Wildman–Crippen MR) is 130 cm³/mol. The molecule has 0 bridgehead atoms. The quantitative estimate of drug-likeness (QED) is 0.587. The second kappa shape index (κ2) is 18.0. The third kappa shape index (κ3) is 14.4. The first-order valence-electron chi connectivity index (χ1n) is 12.9. The maximum atomic E-state index is 12.6. The molecule has 178 valence electrons. The Kier molecular flexibility index (Phi) is 16.4. The molecule has 0 aromatic rings. The standard InChI is InChI=1S/C25H52N4O/c1-5-6-7-8-9-10-11-16-24-23-25(30)26-17-14-20-27(2)18-12-13-19-28(3)21-15-22-29(24)4/h24H,5-23H2,1-4H3,(H,26,30). The number of carbonyl (C=O) groups excluding carboxylic acids is 1. The number of hydrogen-bond acceptors (Lipinski definition) is 4. The van der Waals surface area contributed by atoms with Crippen molar-refractivity contribution < 1.29 is 4.79 Å². The largest absolute Gasteiger partial charge is 0.356 e. The summed E-state index contributed by atoms with van der Waals surface area (Å²) in [6.45, 7) is 8.73. The van der Waals surface area contributed by atoms with Crippen LogP contribution < -0.4 is 5.32 Å². The molecular formula is C25H52N4O. The molecule has 5 nitrogen and oxygen atoms in total. The Morgan fingerprint density at radius 3 is 2.00 bits per heavy atom. The number of rotatable bonds is 8. The van der Waals surface area contributed by atoms with E-state index in [1.165, 1.54) is 70.8 Å². The zero-order valence-electron chi connectivity index (χ0n) is 20.8. The van der Waals surface area contributed by atoms with Crippen LogP contribution in [0.2, 0.25) is 0 Å². The van der Waals surface area contributed by atoms with Crippen LogP contribution >= 0.6 is 0 Å². The van der Waals surface area contributed by atoms with E-state index in [0.717, 1.165) is 45.6 Å². The van der Waals surface area contributed by atoms with Crippen LogP contribution in [0.3, 0.4) is 0 Å². The zero-order chi connectivity index (χ0) is 22.0. The molecule has 0 spiro atoms. The summed E-state index contributed by atoms with van der Waals surface area (Å²) in [7, 11) is 6.68. The molecule has 0 aliphatic carbocycles. The summed E-state index contributed by atoms with van der Waals surface area (Å²) in [5, 5.41) is 3.18. The van der Waals surface area contributed by atoms with Crippen LogP contribution in [0, 0.1) is 0 Å². The van der Waals surface area contributed by atoms with E-state index in [1.807, 2.05) is 0 Å². The average Bonchev–Trinajstić information content (AvgIpc) is 2.72. The molecule has 0 aromatic carbocycles. The van der Waals surface area contributed by atoms with Crippen LogP contribution in [-0.2, 0) is 4.79 Å². The van der Waals surface area contributed by atoms with Gasteiger partial charge in [0.1, 0.15) is 0 Å². The van der Waals surface area contributed by atoms with E-state index >= 15 is 0 Å². The highest BCUT2D eigenvalue weighted by Crippen LogP contribution is 2.15. The van der Waals surface area contributed by atoms with Gasteiger partial charge in [0.15, 0.2) is 0 Å². The third-order valence-corrected chi connectivity index (χ3v) is 6.60. The Morgan fingerprint density at radius 2 is 1.33 bits per heavy atom. The molecule has 1 saturated heterocycles. The fourth-order valence-electron chi connectivity index (χ4n) is 4.44. The molecule has 0 aromatic heterocycles. The van der Waals surface area contributed by atoms with Gasteiger partial charge in [-0.2, -0.15) is 0 Å². The monoisotopic (exact) mass is 424 g/mol. The molecule has 30 heavy (non-hydrogen) atoms. The van der Waals surface area contributed by atoms with Gasteiger partial charge in [-0.15, -0.1) is 0 Å². The van der Waals surface area contributed by atoms with Crippen molar-refractivity contribution in [3.05, 3.63) is 0 Å². The van der Waals surface area contributed by atoms with Crippen molar-refractivity contribution in [1.82, 2.24) is 20.0 Å². The van der Waals surface area contributed by atoms with E-state index in [9.17, 15) is 4.79 Å². The Balaban J connectivity index is 2.49. The van der Waals surface area contributed by atoms with Crippen LogP contribution in [0.25, 0.3) is 0 Å². The van der Waals surface area contributed by atoms with Crippen LogP contribution in [0.4, 0.5) is 0 Å². The third-order valence-electron chi connectivity index (χ3n) is 6.60. The molecule has 1 aliphatic rings. The van der Waals surface area contributed by atoms with Crippen LogP contribution in [0.1, 0.15) is 90.4 Å². The van der Waals surface area contributed by atoms with Gasteiger partial charge >= 0.3 is 0 Å². The molecule has 1 N–H and O–H groups in total. The normalized spacial score (nSPS) is 23.2. The number of hydrogen-bond donors (Lipinski definition) is 1. The molecule has 1 fully saturated rings. The molecule has 1 rings (SSSR count). The Labute approximate surface area is 187 Å². The van der Waals surface area contributed by atoms with Gasteiger partial charge in [-0.1, -0.05) is 51.9 Å². The highest BCUT2D eigenvalue weighted by molar-refractivity contribution is 5.76. The van der Waals surface area contributed by atoms with Gasteiger partial charge in [0.25, 0.3) is 0 Å².